The molecule has 1 N–H and O–H groups in total. The van der Waals surface area contributed by atoms with Crippen molar-refractivity contribution >= 4 is 17.3 Å². The van der Waals surface area contributed by atoms with Gasteiger partial charge >= 0.3 is 5.69 Å². The molecule has 0 bridgehead atoms. The molecule has 6 nitrogen and oxygen atoms in total. The minimum atomic E-state index is -0.332. The molecule has 1 unspecified atom stereocenters. The third kappa shape index (κ3) is 3.83. The van der Waals surface area contributed by atoms with E-state index in [-0.39, 0.29) is 10.6 Å². The summed E-state index contributed by atoms with van der Waals surface area (Å²) in [4.78, 5) is 17.5. The van der Waals surface area contributed by atoms with Crippen LogP contribution in [0.15, 0.2) is 12.1 Å². The summed E-state index contributed by atoms with van der Waals surface area (Å²) in [6.45, 7) is 6.79. The van der Waals surface area contributed by atoms with Gasteiger partial charge in [-0.15, -0.1) is 0 Å². The standard InChI is InChI=1S/C15H24N4O2/c1-3-9-16-14-8-7-13(19(20)21)15(17-14)18-10-5-6-12(4-2)11-18/h7-8,12H,3-6,9-11H2,1-2H3,(H,16,17). The maximum atomic E-state index is 11.3. The van der Waals surface area contributed by atoms with Gasteiger partial charge in [-0.3, -0.25) is 10.1 Å². The number of hydrogen-bond donors (Lipinski definition) is 1. The zero-order chi connectivity index (χ0) is 15.2. The van der Waals surface area contributed by atoms with Gasteiger partial charge in [0.15, 0.2) is 0 Å². The number of pyridine rings is 1. The van der Waals surface area contributed by atoms with Crippen LogP contribution >= 0.6 is 0 Å². The van der Waals surface area contributed by atoms with E-state index in [0.29, 0.717) is 11.7 Å². The molecule has 1 aliphatic heterocycles. The molecule has 1 aliphatic rings. The van der Waals surface area contributed by atoms with E-state index in [1.54, 1.807) is 12.1 Å². The van der Waals surface area contributed by atoms with Crippen LogP contribution in [0.3, 0.4) is 0 Å². The van der Waals surface area contributed by atoms with E-state index >= 15 is 0 Å². The lowest BCUT2D eigenvalue weighted by atomic mass is 9.95. The molecule has 21 heavy (non-hydrogen) atoms. The highest BCUT2D eigenvalue weighted by atomic mass is 16.6. The van der Waals surface area contributed by atoms with Crippen LogP contribution in [0.1, 0.15) is 39.5 Å². The first-order chi connectivity index (χ1) is 10.2. The molecule has 1 aromatic heterocycles. The van der Waals surface area contributed by atoms with Crippen LogP contribution < -0.4 is 10.2 Å². The monoisotopic (exact) mass is 292 g/mol. The SMILES string of the molecule is CCCNc1ccc([N+](=O)[O-])c(N2CCCC(CC)C2)n1. The van der Waals surface area contributed by atoms with Gasteiger partial charge in [0.2, 0.25) is 5.82 Å². The number of nitrogens with one attached hydrogen (secondary N) is 1. The highest BCUT2D eigenvalue weighted by molar-refractivity contribution is 5.62. The summed E-state index contributed by atoms with van der Waals surface area (Å²) in [5.74, 6) is 1.84. The average Bonchev–Trinajstić information content (AvgIpc) is 2.52. The van der Waals surface area contributed by atoms with Crippen molar-refractivity contribution in [2.75, 3.05) is 29.9 Å². The number of nitrogens with zero attached hydrogens (tertiary/aromatic N) is 3. The molecule has 0 aliphatic carbocycles. The minimum Gasteiger partial charge on any atom is -0.370 e. The quantitative estimate of drug-likeness (QED) is 0.642. The van der Waals surface area contributed by atoms with Crippen molar-refractivity contribution in [3.63, 3.8) is 0 Å². The van der Waals surface area contributed by atoms with Crippen molar-refractivity contribution in [1.29, 1.82) is 0 Å². The molecule has 1 fully saturated rings. The number of hydrogen-bond acceptors (Lipinski definition) is 5. The van der Waals surface area contributed by atoms with Crippen LogP contribution in [0.25, 0.3) is 0 Å². The van der Waals surface area contributed by atoms with E-state index in [2.05, 4.69) is 29.0 Å². The van der Waals surface area contributed by atoms with Crippen LogP contribution in [-0.2, 0) is 0 Å². The van der Waals surface area contributed by atoms with E-state index in [4.69, 9.17) is 0 Å². The molecular weight excluding hydrogens is 268 g/mol. The Balaban J connectivity index is 2.27. The summed E-state index contributed by atoms with van der Waals surface area (Å²) >= 11 is 0. The summed E-state index contributed by atoms with van der Waals surface area (Å²) in [6, 6.07) is 3.26. The normalized spacial score (nSPS) is 18.6. The zero-order valence-electron chi connectivity index (χ0n) is 12.8. The second-order valence-corrected chi connectivity index (χ2v) is 5.59. The fourth-order valence-corrected chi connectivity index (χ4v) is 2.76. The van der Waals surface area contributed by atoms with E-state index in [1.807, 2.05) is 0 Å². The summed E-state index contributed by atoms with van der Waals surface area (Å²) in [5, 5.41) is 14.5. The predicted octanol–water partition coefficient (Wildman–Crippen LogP) is 3.44. The van der Waals surface area contributed by atoms with Gasteiger partial charge in [-0.05, 0) is 31.2 Å². The molecule has 0 spiro atoms. The molecular formula is C15H24N4O2. The second-order valence-electron chi connectivity index (χ2n) is 5.59. The Hall–Kier alpha value is -1.85. The van der Waals surface area contributed by atoms with E-state index in [9.17, 15) is 10.1 Å². The van der Waals surface area contributed by atoms with Gasteiger partial charge in [0.25, 0.3) is 0 Å². The molecule has 0 aromatic carbocycles. The van der Waals surface area contributed by atoms with Crippen molar-refractivity contribution in [3.05, 3.63) is 22.2 Å². The molecule has 0 saturated carbocycles. The van der Waals surface area contributed by atoms with Gasteiger partial charge in [0, 0.05) is 25.7 Å². The topological polar surface area (TPSA) is 71.3 Å². The lowest BCUT2D eigenvalue weighted by Crippen LogP contribution is -2.36. The Morgan fingerprint density at radius 1 is 1.48 bits per heavy atom. The molecule has 116 valence electrons. The maximum Gasteiger partial charge on any atom is 0.311 e. The van der Waals surface area contributed by atoms with Crippen molar-refractivity contribution in [1.82, 2.24) is 4.98 Å². The largest absolute Gasteiger partial charge is 0.370 e. The van der Waals surface area contributed by atoms with Crippen LogP contribution in [0.5, 0.6) is 0 Å². The summed E-state index contributed by atoms with van der Waals surface area (Å²) in [5.41, 5.74) is 0.105. The number of nitro groups is 1. The maximum absolute atomic E-state index is 11.3. The van der Waals surface area contributed by atoms with Gasteiger partial charge in [-0.1, -0.05) is 20.3 Å². The first-order valence-corrected chi connectivity index (χ1v) is 7.80. The van der Waals surface area contributed by atoms with Crippen molar-refractivity contribution < 1.29 is 4.92 Å². The van der Waals surface area contributed by atoms with Crippen LogP contribution in [-0.4, -0.2) is 29.5 Å². The zero-order valence-corrected chi connectivity index (χ0v) is 12.8. The Kier molecular flexibility index (Phi) is 5.36. The molecule has 0 radical (unpaired) electrons. The fraction of sp³-hybridized carbons (Fsp3) is 0.667. The van der Waals surface area contributed by atoms with Crippen molar-refractivity contribution in [3.8, 4) is 0 Å². The molecule has 2 rings (SSSR count). The molecule has 6 heteroatoms. The second kappa shape index (κ2) is 7.24. The first-order valence-electron chi connectivity index (χ1n) is 7.80. The van der Waals surface area contributed by atoms with E-state index in [1.165, 1.54) is 6.42 Å². The fourth-order valence-electron chi connectivity index (χ4n) is 2.76. The molecule has 1 saturated heterocycles. The van der Waals surface area contributed by atoms with Crippen LogP contribution in [0.4, 0.5) is 17.3 Å². The highest BCUT2D eigenvalue weighted by Gasteiger charge is 2.26. The van der Waals surface area contributed by atoms with Gasteiger partial charge in [0.05, 0.1) is 4.92 Å². The minimum absolute atomic E-state index is 0.105. The summed E-state index contributed by atoms with van der Waals surface area (Å²) in [6.07, 6.45) is 4.38. The van der Waals surface area contributed by atoms with Gasteiger partial charge < -0.3 is 10.2 Å². The average molecular weight is 292 g/mol. The first kappa shape index (κ1) is 15.5. The van der Waals surface area contributed by atoms with Crippen LogP contribution in [0, 0.1) is 16.0 Å². The van der Waals surface area contributed by atoms with Crippen molar-refractivity contribution in [2.24, 2.45) is 5.92 Å². The molecule has 2 heterocycles. The molecule has 1 aromatic rings. The third-order valence-electron chi connectivity index (χ3n) is 4.00. The number of aromatic nitrogens is 1. The van der Waals surface area contributed by atoms with Crippen LogP contribution in [0.2, 0.25) is 0 Å². The number of anilines is 2. The summed E-state index contributed by atoms with van der Waals surface area (Å²) < 4.78 is 0. The van der Waals surface area contributed by atoms with Crippen molar-refractivity contribution in [2.45, 2.75) is 39.5 Å². The smallest absolute Gasteiger partial charge is 0.311 e. The third-order valence-corrected chi connectivity index (χ3v) is 4.00. The summed E-state index contributed by atoms with van der Waals surface area (Å²) in [7, 11) is 0. The van der Waals surface area contributed by atoms with Gasteiger partial charge in [-0.25, -0.2) is 4.98 Å². The number of piperidine rings is 1. The Morgan fingerprint density at radius 3 is 2.95 bits per heavy atom. The lowest BCUT2D eigenvalue weighted by molar-refractivity contribution is -0.384. The molecule has 0 amide bonds. The Bertz CT molecular complexity index is 493. The highest BCUT2D eigenvalue weighted by Crippen LogP contribution is 2.31. The van der Waals surface area contributed by atoms with E-state index < -0.39 is 0 Å². The Morgan fingerprint density at radius 2 is 2.29 bits per heavy atom. The van der Waals surface area contributed by atoms with E-state index in [0.717, 1.165) is 44.7 Å². The molecule has 1 atom stereocenters. The van der Waals surface area contributed by atoms with Gasteiger partial charge in [-0.2, -0.15) is 0 Å². The predicted molar refractivity (Wildman–Crippen MR) is 84.9 cm³/mol. The van der Waals surface area contributed by atoms with Gasteiger partial charge in [0.1, 0.15) is 5.82 Å². The number of rotatable bonds is 6. The lowest BCUT2D eigenvalue weighted by Gasteiger charge is -2.32. The Labute approximate surface area is 125 Å².